The number of anilines is 1. The summed E-state index contributed by atoms with van der Waals surface area (Å²) in [7, 11) is 0. The predicted octanol–water partition coefficient (Wildman–Crippen LogP) is 6.48. The van der Waals surface area contributed by atoms with E-state index in [9.17, 15) is 4.79 Å². The van der Waals surface area contributed by atoms with E-state index in [0.29, 0.717) is 11.7 Å². The smallest absolute Gasteiger partial charge is 0.317 e. The number of aryl methyl sites for hydroxylation is 2. The third-order valence-electron chi connectivity index (χ3n) is 5.67. The van der Waals surface area contributed by atoms with Gasteiger partial charge in [0.2, 0.25) is 0 Å². The second kappa shape index (κ2) is 8.42. The Hall–Kier alpha value is -2.59. The molecule has 150 valence electrons. The summed E-state index contributed by atoms with van der Waals surface area (Å²) in [5.41, 5.74) is 4.92. The van der Waals surface area contributed by atoms with Gasteiger partial charge in [0.05, 0.1) is 12.1 Å². The first-order valence-corrected chi connectivity index (χ1v) is 10.6. The maximum Gasteiger partial charge on any atom is 0.322 e. The van der Waals surface area contributed by atoms with Crippen molar-refractivity contribution in [1.29, 1.82) is 0 Å². The van der Waals surface area contributed by atoms with E-state index in [1.807, 2.05) is 35.2 Å². The lowest BCUT2D eigenvalue weighted by molar-refractivity contribution is 0.184. The van der Waals surface area contributed by atoms with Crippen LogP contribution in [0.15, 0.2) is 48.5 Å². The van der Waals surface area contributed by atoms with E-state index < -0.39 is 0 Å². The van der Waals surface area contributed by atoms with Crippen LogP contribution < -0.4 is 5.32 Å². The molecule has 0 aliphatic heterocycles. The number of nitrogens with zero attached hydrogens (tertiary/aromatic N) is 2. The van der Waals surface area contributed by atoms with Crippen molar-refractivity contribution in [3.8, 4) is 0 Å². The number of pyridine rings is 1. The second-order valence-corrected chi connectivity index (χ2v) is 8.31. The van der Waals surface area contributed by atoms with Gasteiger partial charge in [0.1, 0.15) is 5.15 Å². The van der Waals surface area contributed by atoms with Gasteiger partial charge in [-0.25, -0.2) is 9.78 Å². The van der Waals surface area contributed by atoms with Crippen molar-refractivity contribution in [2.45, 2.75) is 52.1 Å². The molecule has 1 aliphatic carbocycles. The number of carbonyl (C=O) groups excluding carboxylic acids is 1. The van der Waals surface area contributed by atoms with Gasteiger partial charge in [-0.05, 0) is 56.5 Å². The highest BCUT2D eigenvalue weighted by Crippen LogP contribution is 2.29. The summed E-state index contributed by atoms with van der Waals surface area (Å²) < 4.78 is 0. The number of rotatable bonds is 4. The topological polar surface area (TPSA) is 45.2 Å². The molecule has 1 aromatic heterocycles. The van der Waals surface area contributed by atoms with Crippen LogP contribution in [0.5, 0.6) is 0 Å². The van der Waals surface area contributed by atoms with Gasteiger partial charge in [-0.15, -0.1) is 0 Å². The van der Waals surface area contributed by atoms with Crippen molar-refractivity contribution in [2.24, 2.45) is 0 Å². The fourth-order valence-electron chi connectivity index (χ4n) is 4.27. The summed E-state index contributed by atoms with van der Waals surface area (Å²) >= 11 is 6.56. The molecular formula is C24H26ClN3O. The van der Waals surface area contributed by atoms with Crippen LogP contribution in [0.25, 0.3) is 10.9 Å². The molecule has 0 unspecified atom stereocenters. The minimum atomic E-state index is -0.0836. The van der Waals surface area contributed by atoms with Gasteiger partial charge in [0, 0.05) is 22.7 Å². The molecule has 1 saturated carbocycles. The van der Waals surface area contributed by atoms with E-state index in [1.165, 1.54) is 5.56 Å². The van der Waals surface area contributed by atoms with Crippen LogP contribution in [0.3, 0.4) is 0 Å². The minimum absolute atomic E-state index is 0.0836. The summed E-state index contributed by atoms with van der Waals surface area (Å²) in [6.45, 7) is 4.59. The van der Waals surface area contributed by atoms with Crippen molar-refractivity contribution in [2.75, 3.05) is 5.32 Å². The van der Waals surface area contributed by atoms with E-state index in [4.69, 9.17) is 11.6 Å². The van der Waals surface area contributed by atoms with Crippen molar-refractivity contribution in [3.63, 3.8) is 0 Å². The summed E-state index contributed by atoms with van der Waals surface area (Å²) in [4.78, 5) is 19.7. The molecule has 1 aliphatic rings. The number of benzene rings is 2. The molecule has 2 aromatic carbocycles. The molecule has 0 radical (unpaired) electrons. The molecule has 0 saturated heterocycles. The van der Waals surface area contributed by atoms with E-state index in [1.54, 1.807) is 0 Å². The summed E-state index contributed by atoms with van der Waals surface area (Å²) in [5.74, 6) is 0. The lowest BCUT2D eigenvalue weighted by Gasteiger charge is -2.29. The Morgan fingerprint density at radius 1 is 1.14 bits per heavy atom. The fraction of sp³-hybridized carbons (Fsp3) is 0.333. The maximum absolute atomic E-state index is 13.1. The number of hydrogen-bond acceptors (Lipinski definition) is 2. The van der Waals surface area contributed by atoms with E-state index in [-0.39, 0.29) is 12.1 Å². The number of amides is 2. The molecule has 1 fully saturated rings. The normalized spacial score (nSPS) is 14.3. The lowest BCUT2D eigenvalue weighted by Crippen LogP contribution is -2.41. The van der Waals surface area contributed by atoms with Crippen molar-refractivity contribution in [3.05, 3.63) is 70.4 Å². The molecule has 0 atom stereocenters. The second-order valence-electron chi connectivity index (χ2n) is 7.95. The van der Waals surface area contributed by atoms with Crippen LogP contribution in [-0.2, 0) is 6.54 Å². The molecule has 4 nitrogen and oxygen atoms in total. The molecule has 0 spiro atoms. The molecular weight excluding hydrogens is 382 g/mol. The van der Waals surface area contributed by atoms with Gasteiger partial charge < -0.3 is 10.2 Å². The summed E-state index contributed by atoms with van der Waals surface area (Å²) in [5, 5.41) is 4.58. The third-order valence-corrected chi connectivity index (χ3v) is 6.00. The Morgan fingerprint density at radius 2 is 1.86 bits per heavy atom. The number of para-hydroxylation sites is 1. The van der Waals surface area contributed by atoms with Gasteiger partial charge in [0.25, 0.3) is 0 Å². The highest BCUT2D eigenvalue weighted by Gasteiger charge is 2.28. The zero-order valence-electron chi connectivity index (χ0n) is 16.9. The van der Waals surface area contributed by atoms with E-state index in [2.05, 4.69) is 42.3 Å². The molecule has 5 heteroatoms. The molecule has 1 N–H and O–H groups in total. The summed E-state index contributed by atoms with van der Waals surface area (Å²) in [6.07, 6.45) is 4.36. The Labute approximate surface area is 176 Å². The Morgan fingerprint density at radius 3 is 2.59 bits per heavy atom. The van der Waals surface area contributed by atoms with E-state index in [0.717, 1.165) is 53.4 Å². The maximum atomic E-state index is 13.1. The van der Waals surface area contributed by atoms with Crippen LogP contribution in [0.4, 0.5) is 10.5 Å². The van der Waals surface area contributed by atoms with E-state index >= 15 is 0 Å². The van der Waals surface area contributed by atoms with Crippen LogP contribution in [-0.4, -0.2) is 22.0 Å². The Bertz CT molecular complexity index is 1030. The predicted molar refractivity (Wildman–Crippen MR) is 119 cm³/mol. The van der Waals surface area contributed by atoms with Crippen LogP contribution in [0, 0.1) is 13.8 Å². The van der Waals surface area contributed by atoms with Gasteiger partial charge in [-0.1, -0.05) is 54.3 Å². The SMILES string of the molecule is Cc1cc(C)c2nc(Cl)c(CN(C(=O)Nc3ccccc3)C3CCCC3)cc2c1. The third kappa shape index (κ3) is 4.38. The first-order valence-electron chi connectivity index (χ1n) is 10.2. The van der Waals surface area contributed by atoms with Crippen LogP contribution >= 0.6 is 11.6 Å². The number of urea groups is 1. The number of hydrogen-bond donors (Lipinski definition) is 1. The first kappa shape index (κ1) is 19.7. The number of nitrogens with one attached hydrogen (secondary N) is 1. The van der Waals surface area contributed by atoms with Crippen molar-refractivity contribution >= 4 is 34.2 Å². The van der Waals surface area contributed by atoms with Gasteiger partial charge in [-0.3, -0.25) is 0 Å². The quantitative estimate of drug-likeness (QED) is 0.503. The van der Waals surface area contributed by atoms with Crippen molar-refractivity contribution < 1.29 is 4.79 Å². The highest BCUT2D eigenvalue weighted by atomic mass is 35.5. The van der Waals surface area contributed by atoms with Crippen LogP contribution in [0.2, 0.25) is 5.15 Å². The molecule has 1 heterocycles. The van der Waals surface area contributed by atoms with Crippen LogP contribution in [0.1, 0.15) is 42.4 Å². The lowest BCUT2D eigenvalue weighted by atomic mass is 10.0. The number of fused-ring (bicyclic) bond motifs is 1. The van der Waals surface area contributed by atoms with Crippen molar-refractivity contribution in [1.82, 2.24) is 9.88 Å². The molecule has 29 heavy (non-hydrogen) atoms. The standard InChI is InChI=1S/C24H26ClN3O/c1-16-12-17(2)22-18(13-16)14-19(23(25)27-22)15-28(21-10-6-7-11-21)24(29)26-20-8-4-3-5-9-20/h3-5,8-9,12-14,21H,6-7,10-11,15H2,1-2H3,(H,26,29). The summed E-state index contributed by atoms with van der Waals surface area (Å²) in [6, 6.07) is 16.1. The van der Waals surface area contributed by atoms with Gasteiger partial charge in [0.15, 0.2) is 0 Å². The molecule has 0 bridgehead atoms. The largest absolute Gasteiger partial charge is 0.322 e. The first-order chi connectivity index (χ1) is 14.0. The zero-order valence-corrected chi connectivity index (χ0v) is 17.7. The number of aromatic nitrogens is 1. The Balaban J connectivity index is 1.65. The molecule has 4 rings (SSSR count). The monoisotopic (exact) mass is 407 g/mol. The zero-order chi connectivity index (χ0) is 20.4. The highest BCUT2D eigenvalue weighted by molar-refractivity contribution is 6.30. The number of carbonyl (C=O) groups is 1. The van der Waals surface area contributed by atoms with Gasteiger partial charge >= 0.3 is 6.03 Å². The Kier molecular flexibility index (Phi) is 5.72. The van der Waals surface area contributed by atoms with Gasteiger partial charge in [-0.2, -0.15) is 0 Å². The number of halogens is 1. The average molecular weight is 408 g/mol. The molecule has 3 aromatic rings. The fourth-order valence-corrected chi connectivity index (χ4v) is 4.47. The minimum Gasteiger partial charge on any atom is -0.317 e. The molecule has 2 amide bonds. The average Bonchev–Trinajstić information content (AvgIpc) is 3.22.